The first-order chi connectivity index (χ1) is 9.63. The van der Waals surface area contributed by atoms with Gasteiger partial charge in [-0.3, -0.25) is 4.79 Å². The highest BCUT2D eigenvalue weighted by molar-refractivity contribution is 5.82. The molecule has 3 atom stereocenters. The number of likely N-dealkylation sites (tertiary alicyclic amines) is 1. The maximum Gasteiger partial charge on any atom is 0.407 e. The normalized spacial score (nSPS) is 30.1. The van der Waals surface area contributed by atoms with Gasteiger partial charge in [0, 0.05) is 13.1 Å². The molecule has 2 rings (SSSR count). The van der Waals surface area contributed by atoms with Crippen LogP contribution in [-0.2, 0) is 9.53 Å². The number of carbonyl (C=O) groups excluding carboxylic acids is 2. The highest BCUT2D eigenvalue weighted by Crippen LogP contribution is 2.21. The fourth-order valence-corrected chi connectivity index (χ4v) is 3.08. The molecule has 2 aliphatic rings. The van der Waals surface area contributed by atoms with E-state index in [4.69, 9.17) is 0 Å². The Bertz CT molecular complexity index is 362. The van der Waals surface area contributed by atoms with E-state index in [1.165, 1.54) is 7.11 Å². The molecule has 0 aliphatic carbocycles. The van der Waals surface area contributed by atoms with Crippen LogP contribution >= 0.6 is 0 Å². The van der Waals surface area contributed by atoms with Crippen LogP contribution in [0.1, 0.15) is 32.6 Å². The summed E-state index contributed by atoms with van der Waals surface area (Å²) in [6, 6.07) is -0.0393. The van der Waals surface area contributed by atoms with Crippen LogP contribution in [-0.4, -0.2) is 55.7 Å². The van der Waals surface area contributed by atoms with Gasteiger partial charge in [-0.25, -0.2) is 4.79 Å². The Hall–Kier alpha value is -1.30. The molecular formula is C14H25N3O3. The zero-order valence-corrected chi connectivity index (χ0v) is 12.4. The maximum atomic E-state index is 12.5. The topological polar surface area (TPSA) is 70.7 Å². The fourth-order valence-electron chi connectivity index (χ4n) is 3.08. The molecule has 3 unspecified atom stereocenters. The third-order valence-corrected chi connectivity index (χ3v) is 4.40. The summed E-state index contributed by atoms with van der Waals surface area (Å²) in [7, 11) is 1.35. The van der Waals surface area contributed by atoms with Crippen LogP contribution in [0.25, 0.3) is 0 Å². The van der Waals surface area contributed by atoms with E-state index in [-0.39, 0.29) is 18.0 Å². The van der Waals surface area contributed by atoms with Crippen molar-refractivity contribution in [3.8, 4) is 0 Å². The quantitative estimate of drug-likeness (QED) is 0.801. The van der Waals surface area contributed by atoms with Gasteiger partial charge < -0.3 is 20.3 Å². The van der Waals surface area contributed by atoms with Gasteiger partial charge >= 0.3 is 6.09 Å². The van der Waals surface area contributed by atoms with Gasteiger partial charge in [-0.1, -0.05) is 13.3 Å². The van der Waals surface area contributed by atoms with E-state index < -0.39 is 6.09 Å². The number of hydrogen-bond donors (Lipinski definition) is 2. The molecule has 6 heteroatoms. The molecule has 0 aromatic carbocycles. The highest BCUT2D eigenvalue weighted by Gasteiger charge is 2.33. The zero-order valence-electron chi connectivity index (χ0n) is 12.4. The Labute approximate surface area is 120 Å². The maximum absolute atomic E-state index is 12.5. The lowest BCUT2D eigenvalue weighted by molar-refractivity contribution is -0.133. The number of hydrogen-bond acceptors (Lipinski definition) is 4. The first-order valence-electron chi connectivity index (χ1n) is 7.50. The minimum absolute atomic E-state index is 0.0111. The van der Waals surface area contributed by atoms with Gasteiger partial charge in [-0.2, -0.15) is 0 Å². The highest BCUT2D eigenvalue weighted by atomic mass is 16.5. The van der Waals surface area contributed by atoms with Crippen molar-refractivity contribution in [3.63, 3.8) is 0 Å². The van der Waals surface area contributed by atoms with Crippen LogP contribution in [0.2, 0.25) is 0 Å². The van der Waals surface area contributed by atoms with Gasteiger partial charge in [0.25, 0.3) is 0 Å². The molecule has 6 nitrogen and oxygen atoms in total. The molecule has 2 N–H and O–H groups in total. The second kappa shape index (κ2) is 6.92. The summed E-state index contributed by atoms with van der Waals surface area (Å²) in [6.45, 7) is 4.40. The van der Waals surface area contributed by atoms with Gasteiger partial charge in [0.15, 0.2) is 0 Å². The first kappa shape index (κ1) is 15.1. The monoisotopic (exact) mass is 283 g/mol. The van der Waals surface area contributed by atoms with Gasteiger partial charge in [0.1, 0.15) is 0 Å². The number of ether oxygens (including phenoxy) is 1. The fraction of sp³-hybridized carbons (Fsp3) is 0.857. The van der Waals surface area contributed by atoms with E-state index in [0.717, 1.165) is 32.2 Å². The summed E-state index contributed by atoms with van der Waals surface area (Å²) in [6.07, 6.45) is 3.60. The van der Waals surface area contributed by atoms with Crippen LogP contribution in [0.3, 0.4) is 0 Å². The average molecular weight is 283 g/mol. The second-order valence-corrected chi connectivity index (χ2v) is 5.71. The van der Waals surface area contributed by atoms with Crippen LogP contribution in [0.5, 0.6) is 0 Å². The number of carbonyl (C=O) groups is 2. The number of nitrogens with one attached hydrogen (secondary N) is 2. The molecule has 0 aromatic rings. The largest absolute Gasteiger partial charge is 0.453 e. The van der Waals surface area contributed by atoms with Crippen molar-refractivity contribution in [3.05, 3.63) is 0 Å². The smallest absolute Gasteiger partial charge is 0.407 e. The van der Waals surface area contributed by atoms with E-state index >= 15 is 0 Å². The van der Waals surface area contributed by atoms with E-state index in [0.29, 0.717) is 19.0 Å². The molecule has 2 amide bonds. The van der Waals surface area contributed by atoms with Gasteiger partial charge in [0.2, 0.25) is 5.91 Å². The Morgan fingerprint density at radius 2 is 2.20 bits per heavy atom. The lowest BCUT2D eigenvalue weighted by Gasteiger charge is -2.31. The Kier molecular flexibility index (Phi) is 5.23. The molecule has 2 fully saturated rings. The number of methoxy groups -OCH3 is 1. The van der Waals surface area contributed by atoms with Crippen molar-refractivity contribution in [2.75, 3.05) is 26.7 Å². The van der Waals surface area contributed by atoms with E-state index in [1.807, 2.05) is 4.90 Å². The third kappa shape index (κ3) is 3.62. The van der Waals surface area contributed by atoms with E-state index in [9.17, 15) is 9.59 Å². The number of rotatable bonds is 3. The van der Waals surface area contributed by atoms with Gasteiger partial charge in [0.05, 0.1) is 19.2 Å². The Morgan fingerprint density at radius 1 is 1.40 bits per heavy atom. The SMILES string of the molecule is CCC1CCNC(C(=O)N2CCC(NC(=O)OC)C2)C1. The summed E-state index contributed by atoms with van der Waals surface area (Å²) in [5, 5.41) is 6.08. The summed E-state index contributed by atoms with van der Waals surface area (Å²) in [5.74, 6) is 0.828. The number of alkyl carbamates (subject to hydrolysis) is 1. The molecular weight excluding hydrogens is 258 g/mol. The Balaban J connectivity index is 1.83. The number of piperidine rings is 1. The van der Waals surface area contributed by atoms with Crippen molar-refractivity contribution in [2.45, 2.75) is 44.7 Å². The summed E-state index contributed by atoms with van der Waals surface area (Å²) < 4.78 is 4.59. The van der Waals surface area contributed by atoms with Gasteiger partial charge in [-0.05, 0) is 31.7 Å². The number of nitrogens with zero attached hydrogens (tertiary/aromatic N) is 1. The minimum atomic E-state index is -0.425. The molecule has 0 bridgehead atoms. The summed E-state index contributed by atoms with van der Waals surface area (Å²) in [4.78, 5) is 25.5. The molecule has 0 spiro atoms. The minimum Gasteiger partial charge on any atom is -0.453 e. The standard InChI is InChI=1S/C14H25N3O3/c1-3-10-4-6-15-12(8-10)13(18)17-7-5-11(9-17)16-14(19)20-2/h10-12,15H,3-9H2,1-2H3,(H,16,19). The second-order valence-electron chi connectivity index (χ2n) is 5.71. The van der Waals surface area contributed by atoms with E-state index in [2.05, 4.69) is 22.3 Å². The lowest BCUT2D eigenvalue weighted by Crippen LogP contribution is -2.50. The van der Waals surface area contributed by atoms with Crippen molar-refractivity contribution in [1.82, 2.24) is 15.5 Å². The Morgan fingerprint density at radius 3 is 2.90 bits per heavy atom. The van der Waals surface area contributed by atoms with Crippen LogP contribution in [0, 0.1) is 5.92 Å². The molecule has 20 heavy (non-hydrogen) atoms. The lowest BCUT2D eigenvalue weighted by atomic mass is 9.90. The van der Waals surface area contributed by atoms with Gasteiger partial charge in [-0.15, -0.1) is 0 Å². The van der Waals surface area contributed by atoms with Crippen molar-refractivity contribution in [2.24, 2.45) is 5.92 Å². The van der Waals surface area contributed by atoms with Crippen molar-refractivity contribution < 1.29 is 14.3 Å². The van der Waals surface area contributed by atoms with Crippen molar-refractivity contribution in [1.29, 1.82) is 0 Å². The van der Waals surface area contributed by atoms with Crippen LogP contribution in [0.15, 0.2) is 0 Å². The third-order valence-electron chi connectivity index (χ3n) is 4.40. The molecule has 0 saturated carbocycles. The molecule has 2 aliphatic heterocycles. The predicted octanol–water partition coefficient (Wildman–Crippen LogP) is 0.722. The molecule has 2 saturated heterocycles. The summed E-state index contributed by atoms with van der Waals surface area (Å²) >= 11 is 0. The van der Waals surface area contributed by atoms with Crippen molar-refractivity contribution >= 4 is 12.0 Å². The predicted molar refractivity (Wildman–Crippen MR) is 75.3 cm³/mol. The summed E-state index contributed by atoms with van der Waals surface area (Å²) in [5.41, 5.74) is 0. The molecule has 0 radical (unpaired) electrons. The van der Waals surface area contributed by atoms with Crippen LogP contribution < -0.4 is 10.6 Å². The average Bonchev–Trinajstić information content (AvgIpc) is 2.94. The first-order valence-corrected chi connectivity index (χ1v) is 7.50. The van der Waals surface area contributed by atoms with E-state index in [1.54, 1.807) is 0 Å². The number of amides is 2. The molecule has 2 heterocycles. The zero-order chi connectivity index (χ0) is 14.5. The van der Waals surface area contributed by atoms with Crippen LogP contribution in [0.4, 0.5) is 4.79 Å². The molecule has 114 valence electrons. The molecule has 0 aromatic heterocycles.